The molecule has 40 valence electrons. The molecule has 0 amide bonds. The maximum atomic E-state index is 11.3. The maximum Gasteiger partial charge on any atom is 0.186 e. The van der Waals surface area contributed by atoms with Gasteiger partial charge in [-0.1, -0.05) is 6.58 Å². The van der Waals surface area contributed by atoms with Crippen LogP contribution in [0.1, 0.15) is 0 Å². The van der Waals surface area contributed by atoms with Crippen molar-refractivity contribution in [3.05, 3.63) is 24.6 Å². The first-order valence-electron chi connectivity index (χ1n) is 1.49. The third kappa shape index (κ3) is 2.03. The molecule has 0 fully saturated rings. The van der Waals surface area contributed by atoms with Gasteiger partial charge in [-0.15, -0.1) is 0 Å². The highest BCUT2D eigenvalue weighted by Gasteiger charge is 1.95. The van der Waals surface area contributed by atoms with Crippen LogP contribution in [0.4, 0.5) is 13.2 Å². The van der Waals surface area contributed by atoms with Crippen LogP contribution in [0.5, 0.6) is 0 Å². The molecule has 0 aliphatic carbocycles. The Hall–Kier alpha value is -0.730. The predicted molar refractivity (Wildman–Crippen MR) is 20.5 cm³/mol. The highest BCUT2D eigenvalue weighted by atomic mass is 19.2. The van der Waals surface area contributed by atoms with Gasteiger partial charge in [-0.25, -0.2) is 13.2 Å². The van der Waals surface area contributed by atoms with Gasteiger partial charge in [0.15, 0.2) is 11.7 Å². The van der Waals surface area contributed by atoms with Gasteiger partial charge in [0.05, 0.1) is 0 Å². The van der Waals surface area contributed by atoms with E-state index >= 15 is 0 Å². The minimum atomic E-state index is -1.56. The molecule has 0 spiro atoms. The fourth-order valence-electron chi connectivity index (χ4n) is 0.0592. The van der Waals surface area contributed by atoms with Crippen molar-refractivity contribution in [2.24, 2.45) is 0 Å². The second-order valence-corrected chi connectivity index (χ2v) is 0.862. The molecule has 7 heavy (non-hydrogen) atoms. The molecule has 0 saturated carbocycles. The van der Waals surface area contributed by atoms with E-state index < -0.39 is 18.0 Å². The summed E-state index contributed by atoms with van der Waals surface area (Å²) in [6.07, 6.45) is -0.484. The smallest absolute Gasteiger partial charge is 0.186 e. The second kappa shape index (κ2) is 2.44. The zero-order valence-corrected chi connectivity index (χ0v) is 3.42. The van der Waals surface area contributed by atoms with E-state index in [1.54, 1.807) is 0 Å². The quantitative estimate of drug-likeness (QED) is 0.452. The van der Waals surface area contributed by atoms with Gasteiger partial charge < -0.3 is 0 Å². The summed E-state index contributed by atoms with van der Waals surface area (Å²) in [6.45, 7) is 2.48. The van der Waals surface area contributed by atoms with Gasteiger partial charge in [0, 0.05) is 0 Å². The molecule has 0 aromatic rings. The Labute approximate surface area is 39.0 Å². The molecular formula is C4H3F3. The number of allylic oxidation sites excluding steroid dienone is 2. The van der Waals surface area contributed by atoms with E-state index in [4.69, 9.17) is 0 Å². The lowest BCUT2D eigenvalue weighted by Crippen LogP contribution is -1.65. The van der Waals surface area contributed by atoms with Crippen molar-refractivity contribution in [2.75, 3.05) is 0 Å². The van der Waals surface area contributed by atoms with Crippen LogP contribution in [0.3, 0.4) is 0 Å². The molecule has 0 N–H and O–H groups in total. The molecule has 0 atom stereocenters. The van der Waals surface area contributed by atoms with Crippen molar-refractivity contribution < 1.29 is 13.2 Å². The molecule has 0 unspecified atom stereocenters. The zero-order chi connectivity index (χ0) is 5.86. The van der Waals surface area contributed by atoms with Gasteiger partial charge in [-0.2, -0.15) is 0 Å². The summed E-state index contributed by atoms with van der Waals surface area (Å²) < 4.78 is 33.3. The average Bonchev–Trinajstić information content (AvgIpc) is 1.65. The summed E-state index contributed by atoms with van der Waals surface area (Å²) in [7, 11) is 0. The Morgan fingerprint density at radius 1 is 1.43 bits per heavy atom. The first-order chi connectivity index (χ1) is 3.18. The van der Waals surface area contributed by atoms with E-state index in [2.05, 4.69) is 6.58 Å². The summed E-state index contributed by atoms with van der Waals surface area (Å²) in [5, 5.41) is 0. The Morgan fingerprint density at radius 2 is 1.86 bits per heavy atom. The van der Waals surface area contributed by atoms with Crippen LogP contribution >= 0.6 is 0 Å². The zero-order valence-electron chi connectivity index (χ0n) is 3.42. The highest BCUT2D eigenvalue weighted by Crippen LogP contribution is 2.08. The van der Waals surface area contributed by atoms with Crippen LogP contribution in [0, 0.1) is 0 Å². The molecule has 0 aliphatic rings. The third-order valence-corrected chi connectivity index (χ3v) is 0.355. The van der Waals surface area contributed by atoms with Crippen LogP contribution in [0.2, 0.25) is 0 Å². The molecule has 0 radical (unpaired) electrons. The van der Waals surface area contributed by atoms with E-state index in [1.165, 1.54) is 0 Å². The molecule has 0 heterocycles. The molecule has 0 aromatic carbocycles. The van der Waals surface area contributed by atoms with Gasteiger partial charge >= 0.3 is 0 Å². The highest BCUT2D eigenvalue weighted by molar-refractivity contribution is 5.11. The number of halogens is 3. The lowest BCUT2D eigenvalue weighted by Gasteiger charge is -1.80. The van der Waals surface area contributed by atoms with Crippen LogP contribution in [0.15, 0.2) is 24.6 Å². The average molecular weight is 108 g/mol. The molecule has 3 heteroatoms. The van der Waals surface area contributed by atoms with Crippen LogP contribution in [0.25, 0.3) is 0 Å². The van der Waals surface area contributed by atoms with Gasteiger partial charge in [0.1, 0.15) is 6.33 Å². The first-order valence-corrected chi connectivity index (χ1v) is 1.49. The van der Waals surface area contributed by atoms with Crippen molar-refractivity contribution in [3.8, 4) is 0 Å². The minimum Gasteiger partial charge on any atom is -0.212 e. The Kier molecular flexibility index (Phi) is 2.19. The molecular weight excluding hydrogens is 105 g/mol. The summed E-state index contributed by atoms with van der Waals surface area (Å²) in [6, 6.07) is 0. The Balaban J connectivity index is 3.82. The minimum absolute atomic E-state index is 0.484. The second-order valence-electron chi connectivity index (χ2n) is 0.862. The van der Waals surface area contributed by atoms with Crippen LogP contribution in [-0.4, -0.2) is 0 Å². The summed E-state index contributed by atoms with van der Waals surface area (Å²) in [4.78, 5) is 0. The number of rotatable bonds is 1. The molecule has 0 rings (SSSR count). The van der Waals surface area contributed by atoms with Crippen LogP contribution in [-0.2, 0) is 0 Å². The SMILES string of the molecule is C=C(F)/C(F)=C/F. The van der Waals surface area contributed by atoms with Crippen molar-refractivity contribution in [1.29, 1.82) is 0 Å². The fourth-order valence-corrected chi connectivity index (χ4v) is 0.0592. The standard InChI is InChI=1S/C4H3F3/c1-3(6)4(7)2-5/h2H,1H2/b4-2-. The lowest BCUT2D eigenvalue weighted by atomic mass is 10.5. The van der Waals surface area contributed by atoms with Gasteiger partial charge in [0.25, 0.3) is 0 Å². The largest absolute Gasteiger partial charge is 0.212 e. The maximum absolute atomic E-state index is 11.3. The summed E-state index contributed by atoms with van der Waals surface area (Å²) >= 11 is 0. The summed E-state index contributed by atoms with van der Waals surface area (Å²) in [5.41, 5.74) is 0. The van der Waals surface area contributed by atoms with E-state index in [9.17, 15) is 13.2 Å². The molecule has 0 aromatic heterocycles. The third-order valence-electron chi connectivity index (χ3n) is 0.355. The summed E-state index contributed by atoms with van der Waals surface area (Å²) in [5.74, 6) is -2.94. The monoisotopic (exact) mass is 108 g/mol. The van der Waals surface area contributed by atoms with E-state index in [0.29, 0.717) is 0 Å². The van der Waals surface area contributed by atoms with Crippen LogP contribution < -0.4 is 0 Å². The van der Waals surface area contributed by atoms with Crippen molar-refractivity contribution >= 4 is 0 Å². The Bertz CT molecular complexity index is 104. The normalized spacial score (nSPS) is 11.6. The van der Waals surface area contributed by atoms with E-state index in [0.717, 1.165) is 0 Å². The number of hydrogen-bond donors (Lipinski definition) is 0. The van der Waals surface area contributed by atoms with Gasteiger partial charge in [-0.05, 0) is 0 Å². The van der Waals surface area contributed by atoms with Crippen molar-refractivity contribution in [3.63, 3.8) is 0 Å². The first kappa shape index (κ1) is 6.27. The Morgan fingerprint density at radius 3 is 1.86 bits per heavy atom. The molecule has 0 nitrogen and oxygen atoms in total. The molecule has 0 aliphatic heterocycles. The van der Waals surface area contributed by atoms with E-state index in [-0.39, 0.29) is 0 Å². The fraction of sp³-hybridized carbons (Fsp3) is 0. The predicted octanol–water partition coefficient (Wildman–Crippen LogP) is 2.25. The van der Waals surface area contributed by atoms with Crippen molar-refractivity contribution in [1.82, 2.24) is 0 Å². The molecule has 0 saturated heterocycles. The van der Waals surface area contributed by atoms with Gasteiger partial charge in [0.2, 0.25) is 0 Å². The lowest BCUT2D eigenvalue weighted by molar-refractivity contribution is 0.522. The number of hydrogen-bond acceptors (Lipinski definition) is 0. The van der Waals surface area contributed by atoms with Gasteiger partial charge in [-0.3, -0.25) is 0 Å². The van der Waals surface area contributed by atoms with Crippen molar-refractivity contribution in [2.45, 2.75) is 0 Å². The molecule has 0 bridgehead atoms. The van der Waals surface area contributed by atoms with E-state index in [1.807, 2.05) is 0 Å². The topological polar surface area (TPSA) is 0 Å².